The molecule has 5 aromatic rings. The van der Waals surface area contributed by atoms with Crippen LogP contribution >= 0.6 is 0 Å². The Morgan fingerprint density at radius 1 is 0.771 bits per heavy atom. The number of anilines is 2. The van der Waals surface area contributed by atoms with Crippen LogP contribution in [0.25, 0.3) is 27.7 Å². The lowest BCUT2D eigenvalue weighted by Gasteiger charge is -2.24. The molecule has 48 heavy (non-hydrogen) atoms. The molecule has 0 radical (unpaired) electrons. The van der Waals surface area contributed by atoms with Crippen LogP contribution < -0.4 is 4.90 Å². The van der Waals surface area contributed by atoms with Gasteiger partial charge in [0.25, 0.3) is 0 Å². The minimum Gasteiger partial charge on any atom is -0.343 e. The molecule has 1 aliphatic carbocycles. The molecule has 1 aromatic heterocycles. The van der Waals surface area contributed by atoms with E-state index in [9.17, 15) is 0 Å². The highest BCUT2D eigenvalue weighted by molar-refractivity contribution is 6.08. The van der Waals surface area contributed by atoms with Crippen molar-refractivity contribution in [1.29, 1.82) is 0 Å². The summed E-state index contributed by atoms with van der Waals surface area (Å²) in [5.41, 5.74) is 13.0. The summed E-state index contributed by atoms with van der Waals surface area (Å²) in [4.78, 5) is 2.35. The molecule has 238 valence electrons. The molecule has 4 aromatic carbocycles. The molecule has 1 aliphatic rings. The first-order valence-electron chi connectivity index (χ1n) is 16.9. The Labute approximate surface area is 285 Å². The van der Waals surface area contributed by atoms with E-state index in [-0.39, 0.29) is 0 Å². The number of allylic oxidation sites excluding steroid dienone is 9. The molecule has 3 heteroatoms. The third-order valence-corrected chi connectivity index (χ3v) is 9.02. The maximum absolute atomic E-state index is 4.09. The first-order valence-corrected chi connectivity index (χ1v) is 16.9. The van der Waals surface area contributed by atoms with Crippen LogP contribution in [0.2, 0.25) is 0 Å². The van der Waals surface area contributed by atoms with Gasteiger partial charge in [-0.1, -0.05) is 97.6 Å². The zero-order valence-corrected chi connectivity index (χ0v) is 28.5. The van der Waals surface area contributed by atoms with Crippen LogP contribution in [0.5, 0.6) is 0 Å². The third kappa shape index (κ3) is 6.32. The van der Waals surface area contributed by atoms with Crippen LogP contribution in [0.1, 0.15) is 31.9 Å². The Kier molecular flexibility index (Phi) is 9.97. The van der Waals surface area contributed by atoms with E-state index in [0.29, 0.717) is 0 Å². The SMILES string of the molecule is C=C/C(=C\C=C/C)[N+](CC)=C1C=CC(=C(c2ccc(N(CC)c3ccccc3)cc2)c2c(-c3ccccc3)n(C)c3ccccc23)C=C1. The summed E-state index contributed by atoms with van der Waals surface area (Å²) >= 11 is 0. The lowest BCUT2D eigenvalue weighted by molar-refractivity contribution is -0.466. The molecule has 0 spiro atoms. The van der Waals surface area contributed by atoms with Crippen molar-refractivity contribution in [2.45, 2.75) is 20.8 Å². The van der Waals surface area contributed by atoms with Crippen LogP contribution in [0, 0.1) is 0 Å². The molecular weight excluding hydrogens is 583 g/mol. The van der Waals surface area contributed by atoms with Gasteiger partial charge in [-0.2, -0.15) is 4.58 Å². The van der Waals surface area contributed by atoms with E-state index >= 15 is 0 Å². The van der Waals surface area contributed by atoms with Gasteiger partial charge in [-0.25, -0.2) is 0 Å². The van der Waals surface area contributed by atoms with Crippen molar-refractivity contribution in [3.8, 4) is 11.3 Å². The summed E-state index contributed by atoms with van der Waals surface area (Å²) in [6.07, 6.45) is 17.2. The van der Waals surface area contributed by atoms with E-state index in [1.54, 1.807) is 0 Å². The van der Waals surface area contributed by atoms with E-state index in [4.69, 9.17) is 0 Å². The minimum atomic E-state index is 0.837. The maximum atomic E-state index is 4.09. The number of para-hydroxylation sites is 2. The molecule has 3 nitrogen and oxygen atoms in total. The van der Waals surface area contributed by atoms with Crippen molar-refractivity contribution in [1.82, 2.24) is 4.57 Å². The fourth-order valence-corrected chi connectivity index (χ4v) is 6.75. The standard InChI is InChI=1S/C45H44N3/c1-6-10-21-37(7-2)47(8-3)39-30-26-34(27-31-39)43(35-28-32-40(33-29-35)48(9-4)38-22-15-12-16-23-38)44-41-24-17-18-25-42(41)46(5)45(44)36-19-13-11-14-20-36/h6-7,10-33H,2,8-9H2,1,3-5H3/q+1/b10-6-,37-21+. The van der Waals surface area contributed by atoms with Crippen LogP contribution in [0.3, 0.4) is 0 Å². The number of aromatic nitrogens is 1. The molecule has 0 fully saturated rings. The Morgan fingerprint density at radius 2 is 1.40 bits per heavy atom. The van der Waals surface area contributed by atoms with Gasteiger partial charge in [-0.05, 0) is 85.5 Å². The molecule has 1 heterocycles. The van der Waals surface area contributed by atoms with Gasteiger partial charge in [-0.15, -0.1) is 0 Å². The topological polar surface area (TPSA) is 11.2 Å². The summed E-state index contributed by atoms with van der Waals surface area (Å²) in [6, 6.07) is 39.2. The third-order valence-electron chi connectivity index (χ3n) is 9.02. The molecule has 0 amide bonds. The van der Waals surface area contributed by atoms with Crippen molar-refractivity contribution < 1.29 is 4.58 Å². The molecule has 6 rings (SSSR count). The predicted octanol–water partition coefficient (Wildman–Crippen LogP) is 11.1. The number of likely N-dealkylation sites (N-methyl/N-ethyl adjacent to an activating group) is 1. The summed E-state index contributed by atoms with van der Waals surface area (Å²) in [5, 5.41) is 1.24. The van der Waals surface area contributed by atoms with Gasteiger partial charge in [0.2, 0.25) is 11.4 Å². The normalized spacial score (nSPS) is 13.0. The zero-order chi connectivity index (χ0) is 33.5. The number of hydrogen-bond acceptors (Lipinski definition) is 1. The largest absolute Gasteiger partial charge is 0.343 e. The fraction of sp³-hybridized carbons (Fsp3) is 0.133. The highest BCUT2D eigenvalue weighted by Gasteiger charge is 2.24. The van der Waals surface area contributed by atoms with Crippen molar-refractivity contribution in [3.63, 3.8) is 0 Å². The Morgan fingerprint density at radius 3 is 2.02 bits per heavy atom. The summed E-state index contributed by atoms with van der Waals surface area (Å²) in [6.45, 7) is 12.2. The number of nitrogens with zero attached hydrogens (tertiary/aromatic N) is 3. The first kappa shape index (κ1) is 32.3. The number of benzene rings is 4. The molecule has 0 N–H and O–H groups in total. The molecule has 0 saturated carbocycles. The Balaban J connectivity index is 1.58. The molecule has 0 aliphatic heterocycles. The van der Waals surface area contributed by atoms with Gasteiger partial charge in [-0.3, -0.25) is 0 Å². The van der Waals surface area contributed by atoms with E-state index < -0.39 is 0 Å². The fourth-order valence-electron chi connectivity index (χ4n) is 6.75. The summed E-state index contributed by atoms with van der Waals surface area (Å²) < 4.78 is 4.64. The summed E-state index contributed by atoms with van der Waals surface area (Å²) in [7, 11) is 2.18. The monoisotopic (exact) mass is 626 g/mol. The zero-order valence-electron chi connectivity index (χ0n) is 28.5. The lowest BCUT2D eigenvalue weighted by Crippen LogP contribution is -2.18. The maximum Gasteiger partial charge on any atom is 0.205 e. The van der Waals surface area contributed by atoms with E-state index in [2.05, 4.69) is 187 Å². The van der Waals surface area contributed by atoms with Gasteiger partial charge >= 0.3 is 0 Å². The molecule has 0 bridgehead atoms. The molecular formula is C45H44N3+. The second-order valence-corrected chi connectivity index (χ2v) is 11.8. The van der Waals surface area contributed by atoms with Crippen molar-refractivity contribution in [2.75, 3.05) is 18.0 Å². The average Bonchev–Trinajstić information content (AvgIpc) is 3.43. The highest BCUT2D eigenvalue weighted by Crippen LogP contribution is 2.43. The second-order valence-electron chi connectivity index (χ2n) is 11.8. The van der Waals surface area contributed by atoms with Gasteiger partial charge < -0.3 is 9.47 Å². The van der Waals surface area contributed by atoms with Crippen molar-refractivity contribution >= 4 is 33.6 Å². The van der Waals surface area contributed by atoms with E-state index in [0.717, 1.165) is 24.5 Å². The molecule has 0 unspecified atom stereocenters. The van der Waals surface area contributed by atoms with E-state index in [1.807, 2.05) is 19.1 Å². The average molecular weight is 627 g/mol. The van der Waals surface area contributed by atoms with Gasteiger partial charge in [0.05, 0.1) is 5.69 Å². The van der Waals surface area contributed by atoms with Crippen LogP contribution in [-0.4, -0.2) is 27.9 Å². The van der Waals surface area contributed by atoms with Crippen LogP contribution in [0.4, 0.5) is 11.4 Å². The smallest absolute Gasteiger partial charge is 0.205 e. The number of hydrogen-bond donors (Lipinski definition) is 0. The van der Waals surface area contributed by atoms with Gasteiger partial charge in [0.15, 0.2) is 0 Å². The predicted molar refractivity (Wildman–Crippen MR) is 207 cm³/mol. The number of aryl methyl sites for hydroxylation is 1. The van der Waals surface area contributed by atoms with Crippen molar-refractivity contribution in [3.05, 3.63) is 187 Å². The summed E-state index contributed by atoms with van der Waals surface area (Å²) in [5.74, 6) is 0. The minimum absolute atomic E-state index is 0.837. The number of rotatable bonds is 10. The van der Waals surface area contributed by atoms with Crippen LogP contribution in [-0.2, 0) is 7.05 Å². The Hall–Kier alpha value is -5.67. The highest BCUT2D eigenvalue weighted by atomic mass is 15.1. The Bertz CT molecular complexity index is 2080. The van der Waals surface area contributed by atoms with Gasteiger partial charge in [0, 0.05) is 65.7 Å². The second kappa shape index (κ2) is 14.8. The van der Waals surface area contributed by atoms with Gasteiger partial charge in [0.1, 0.15) is 6.54 Å². The number of fused-ring (bicyclic) bond motifs is 1. The molecule has 0 saturated heterocycles. The molecule has 0 atom stereocenters. The van der Waals surface area contributed by atoms with E-state index in [1.165, 1.54) is 55.8 Å². The van der Waals surface area contributed by atoms with Crippen LogP contribution in [0.15, 0.2) is 176 Å². The first-order chi connectivity index (χ1) is 23.6. The quantitative estimate of drug-likeness (QED) is 0.111. The van der Waals surface area contributed by atoms with Crippen molar-refractivity contribution in [2.24, 2.45) is 7.05 Å². The lowest BCUT2D eigenvalue weighted by atomic mass is 9.87.